The minimum atomic E-state index is -0.978. The summed E-state index contributed by atoms with van der Waals surface area (Å²) in [7, 11) is 0. The van der Waals surface area contributed by atoms with Crippen LogP contribution in [0.5, 0.6) is 0 Å². The fourth-order valence-corrected chi connectivity index (χ4v) is 3.01. The quantitative estimate of drug-likeness (QED) is 0.385. The molecule has 8 heteroatoms. The van der Waals surface area contributed by atoms with E-state index in [9.17, 15) is 14.4 Å². The Kier molecular flexibility index (Phi) is 10.5. The van der Waals surface area contributed by atoms with Crippen molar-refractivity contribution in [2.75, 3.05) is 12.0 Å². The van der Waals surface area contributed by atoms with E-state index >= 15 is 0 Å². The summed E-state index contributed by atoms with van der Waals surface area (Å²) < 4.78 is 0. The lowest BCUT2D eigenvalue weighted by molar-refractivity contribution is -0.131. The molecule has 0 heterocycles. The zero-order valence-corrected chi connectivity index (χ0v) is 16.8. The number of hydrogen-bond donors (Lipinski definition) is 4. The maximum Gasteiger partial charge on any atom is 0.243 e. The summed E-state index contributed by atoms with van der Waals surface area (Å²) in [5, 5.41) is 5.38. The predicted molar refractivity (Wildman–Crippen MR) is 109 cm³/mol. The number of rotatable bonds is 12. The van der Waals surface area contributed by atoms with Crippen molar-refractivity contribution >= 4 is 29.5 Å². The van der Waals surface area contributed by atoms with Gasteiger partial charge in [-0.2, -0.15) is 11.8 Å². The maximum atomic E-state index is 12.8. The number of nitrogens with two attached hydrogens (primary N) is 2. The molecule has 7 nitrogen and oxygen atoms in total. The molecule has 3 amide bonds. The first kappa shape index (κ1) is 23.0. The molecule has 0 saturated carbocycles. The molecule has 0 aliphatic carbocycles. The lowest BCUT2D eigenvalue weighted by atomic mass is 10.0. The molecule has 1 aromatic carbocycles. The van der Waals surface area contributed by atoms with Crippen molar-refractivity contribution in [1.82, 2.24) is 10.6 Å². The number of carbonyl (C=O) groups is 3. The number of primary amides is 1. The van der Waals surface area contributed by atoms with Gasteiger partial charge in [-0.3, -0.25) is 14.4 Å². The molecule has 0 bridgehead atoms. The fraction of sp³-hybridized carbons (Fsp3) is 0.526. The molecule has 1 aromatic rings. The molecule has 0 aromatic heterocycles. The highest BCUT2D eigenvalue weighted by molar-refractivity contribution is 7.98. The van der Waals surface area contributed by atoms with Crippen LogP contribution in [0.3, 0.4) is 0 Å². The highest BCUT2D eigenvalue weighted by Crippen LogP contribution is 2.06. The van der Waals surface area contributed by atoms with Crippen molar-refractivity contribution in [3.63, 3.8) is 0 Å². The van der Waals surface area contributed by atoms with Gasteiger partial charge in [0.1, 0.15) is 12.1 Å². The summed E-state index contributed by atoms with van der Waals surface area (Å²) in [5.41, 5.74) is 12.2. The first-order valence-electron chi connectivity index (χ1n) is 9.06. The largest absolute Gasteiger partial charge is 0.368 e. The van der Waals surface area contributed by atoms with Gasteiger partial charge in [0, 0.05) is 18.9 Å². The lowest BCUT2D eigenvalue weighted by Crippen LogP contribution is -2.59. The van der Waals surface area contributed by atoms with Gasteiger partial charge in [0.2, 0.25) is 17.7 Å². The Morgan fingerprint density at radius 3 is 2.37 bits per heavy atom. The Morgan fingerprint density at radius 1 is 1.15 bits per heavy atom. The monoisotopic (exact) mass is 394 g/mol. The van der Waals surface area contributed by atoms with Gasteiger partial charge >= 0.3 is 0 Å². The first-order chi connectivity index (χ1) is 12.9. The molecule has 6 N–H and O–H groups in total. The summed E-state index contributed by atoms with van der Waals surface area (Å²) in [6.07, 6.45) is 3.85. The molecule has 27 heavy (non-hydrogen) atoms. The van der Waals surface area contributed by atoms with Crippen molar-refractivity contribution in [2.45, 2.75) is 50.7 Å². The molecule has 3 atom stereocenters. The minimum Gasteiger partial charge on any atom is -0.368 e. The number of amides is 3. The molecule has 0 aliphatic heterocycles. The normalized spacial score (nSPS) is 14.0. The zero-order chi connectivity index (χ0) is 20.2. The summed E-state index contributed by atoms with van der Waals surface area (Å²) in [4.78, 5) is 36.6. The van der Waals surface area contributed by atoms with Gasteiger partial charge in [-0.15, -0.1) is 0 Å². The second-order valence-electron chi connectivity index (χ2n) is 6.37. The van der Waals surface area contributed by atoms with Crippen molar-refractivity contribution in [3.05, 3.63) is 35.9 Å². The Morgan fingerprint density at radius 2 is 1.81 bits per heavy atom. The molecular formula is C19H30N4O3S. The topological polar surface area (TPSA) is 127 Å². The molecule has 0 saturated heterocycles. The molecule has 150 valence electrons. The SMILES string of the molecule is CCC(N)C(NC(=O)C(Cc1ccccc1)NC(=O)CCCSC)C(N)=O. The van der Waals surface area contributed by atoms with E-state index in [4.69, 9.17) is 11.5 Å². The smallest absolute Gasteiger partial charge is 0.243 e. The van der Waals surface area contributed by atoms with Crippen molar-refractivity contribution in [1.29, 1.82) is 0 Å². The Labute approximate surface area is 165 Å². The minimum absolute atomic E-state index is 0.199. The van der Waals surface area contributed by atoms with Gasteiger partial charge in [0.15, 0.2) is 0 Å². The average Bonchev–Trinajstić information content (AvgIpc) is 2.65. The fourth-order valence-electron chi connectivity index (χ4n) is 2.58. The predicted octanol–water partition coefficient (Wildman–Crippen LogP) is 0.565. The van der Waals surface area contributed by atoms with E-state index in [1.807, 2.05) is 43.5 Å². The van der Waals surface area contributed by atoms with Crippen LogP contribution in [0.4, 0.5) is 0 Å². The van der Waals surface area contributed by atoms with E-state index in [2.05, 4.69) is 10.6 Å². The van der Waals surface area contributed by atoms with Crippen molar-refractivity contribution < 1.29 is 14.4 Å². The van der Waals surface area contributed by atoms with Crippen LogP contribution in [-0.2, 0) is 20.8 Å². The number of thioether (sulfide) groups is 1. The Bertz CT molecular complexity index is 612. The summed E-state index contributed by atoms with van der Waals surface area (Å²) in [6, 6.07) is 7.00. The van der Waals surface area contributed by atoms with Crippen molar-refractivity contribution in [2.24, 2.45) is 11.5 Å². The van der Waals surface area contributed by atoms with Gasteiger partial charge < -0.3 is 22.1 Å². The van der Waals surface area contributed by atoms with Gasteiger partial charge in [-0.05, 0) is 30.4 Å². The van der Waals surface area contributed by atoms with Crippen LogP contribution in [0.25, 0.3) is 0 Å². The molecule has 0 radical (unpaired) electrons. The van der Waals surface area contributed by atoms with E-state index in [1.54, 1.807) is 11.8 Å². The van der Waals surface area contributed by atoms with E-state index < -0.39 is 29.9 Å². The second-order valence-corrected chi connectivity index (χ2v) is 7.35. The third-order valence-electron chi connectivity index (χ3n) is 4.19. The number of benzene rings is 1. The van der Waals surface area contributed by atoms with Crippen molar-refractivity contribution in [3.8, 4) is 0 Å². The van der Waals surface area contributed by atoms with Crippen LogP contribution in [-0.4, -0.2) is 47.9 Å². The summed E-state index contributed by atoms with van der Waals surface area (Å²) >= 11 is 1.66. The molecule has 0 fully saturated rings. The zero-order valence-electron chi connectivity index (χ0n) is 15.9. The summed E-state index contributed by atoms with van der Waals surface area (Å²) in [6.45, 7) is 1.81. The standard InChI is InChI=1S/C19H30N4O3S/c1-3-14(20)17(18(21)25)23-19(26)15(12-13-8-5-4-6-9-13)22-16(24)10-7-11-27-2/h4-6,8-9,14-15,17H,3,7,10-12,20H2,1-2H3,(H2,21,25)(H,22,24)(H,23,26). The number of carbonyl (C=O) groups excluding carboxylic acids is 3. The molecular weight excluding hydrogens is 364 g/mol. The first-order valence-corrected chi connectivity index (χ1v) is 10.5. The molecule has 3 unspecified atom stereocenters. The van der Waals surface area contributed by atoms with Crippen LogP contribution >= 0.6 is 11.8 Å². The van der Waals surface area contributed by atoms with E-state index in [0.29, 0.717) is 19.3 Å². The average molecular weight is 395 g/mol. The van der Waals surface area contributed by atoms with E-state index in [-0.39, 0.29) is 5.91 Å². The lowest BCUT2D eigenvalue weighted by Gasteiger charge is -2.25. The number of nitrogens with one attached hydrogen (secondary N) is 2. The number of hydrogen-bond acceptors (Lipinski definition) is 5. The molecule has 0 spiro atoms. The Hall–Kier alpha value is -2.06. The van der Waals surface area contributed by atoms with Gasteiger partial charge in [-0.25, -0.2) is 0 Å². The summed E-state index contributed by atoms with van der Waals surface area (Å²) in [5.74, 6) is -0.485. The third-order valence-corrected chi connectivity index (χ3v) is 4.89. The highest BCUT2D eigenvalue weighted by Gasteiger charge is 2.28. The molecule has 0 aliphatic rings. The van der Waals surface area contributed by atoms with E-state index in [1.165, 1.54) is 0 Å². The van der Waals surface area contributed by atoms with Gasteiger partial charge in [-0.1, -0.05) is 37.3 Å². The highest BCUT2D eigenvalue weighted by atomic mass is 32.2. The van der Waals surface area contributed by atoms with Crippen LogP contribution < -0.4 is 22.1 Å². The van der Waals surface area contributed by atoms with Crippen LogP contribution in [0.1, 0.15) is 31.7 Å². The second kappa shape index (κ2) is 12.3. The maximum absolute atomic E-state index is 12.8. The van der Waals surface area contributed by atoms with Gasteiger partial charge in [0.25, 0.3) is 0 Å². The van der Waals surface area contributed by atoms with Gasteiger partial charge in [0.05, 0.1) is 0 Å². The van der Waals surface area contributed by atoms with Crippen LogP contribution in [0.15, 0.2) is 30.3 Å². The van der Waals surface area contributed by atoms with E-state index in [0.717, 1.165) is 17.7 Å². The molecule has 1 rings (SSSR count). The third kappa shape index (κ3) is 8.45. The van der Waals surface area contributed by atoms with Crippen LogP contribution in [0.2, 0.25) is 0 Å². The Balaban J connectivity index is 2.86. The van der Waals surface area contributed by atoms with Crippen LogP contribution in [0, 0.1) is 0 Å².